The van der Waals surface area contributed by atoms with Crippen LogP contribution in [0.15, 0.2) is 35.5 Å². The fourth-order valence-electron chi connectivity index (χ4n) is 8.50. The van der Waals surface area contributed by atoms with Crippen LogP contribution in [0.2, 0.25) is 37.8 Å². The van der Waals surface area contributed by atoms with Gasteiger partial charge in [-0.3, -0.25) is 4.79 Å². The average Bonchev–Trinajstić information content (AvgIpc) is 3.26. The first-order valence-electron chi connectivity index (χ1n) is 17.8. The van der Waals surface area contributed by atoms with E-state index in [1.165, 1.54) is 18.4 Å². The van der Waals surface area contributed by atoms with Crippen LogP contribution in [0, 0.1) is 23.2 Å². The Morgan fingerprint density at radius 2 is 1.73 bits per heavy atom. The van der Waals surface area contributed by atoms with Crippen LogP contribution in [0.25, 0.3) is 0 Å². The van der Waals surface area contributed by atoms with Gasteiger partial charge in [-0.2, -0.15) is 0 Å². The number of hydrogen-bond donors (Lipinski definition) is 1. The standard InChI is InChI=1S/C38H68O5Si2/c1-28-22-25-38(40,43-45(12,13)35(4,5)6)26-32(28)19-18-31-17-15-24-37(27-41-30(3)39)33(20-21-34(31)37)29(2)16-14-23-36(7,8)42-44(9,10)11/h18-19,29,33-34,40H,1,14-17,20-27H2,2-13H3/b31-18?,32-19-/t29-,33-,34?,37+,38-/m1/s1. The molecule has 0 aliphatic heterocycles. The lowest BCUT2D eigenvalue weighted by Gasteiger charge is -2.46. The van der Waals surface area contributed by atoms with Crippen LogP contribution in [0.5, 0.6) is 0 Å². The molecule has 7 heteroatoms. The number of allylic oxidation sites excluding steroid dienone is 4. The Morgan fingerprint density at radius 3 is 2.33 bits per heavy atom. The van der Waals surface area contributed by atoms with Gasteiger partial charge in [0.2, 0.25) is 0 Å². The quantitative estimate of drug-likeness (QED) is 0.128. The molecule has 1 unspecified atom stereocenters. The fourth-order valence-corrected chi connectivity index (χ4v) is 11.7. The van der Waals surface area contributed by atoms with E-state index in [1.54, 1.807) is 6.92 Å². The third-order valence-electron chi connectivity index (χ3n) is 11.5. The summed E-state index contributed by atoms with van der Waals surface area (Å²) < 4.78 is 19.0. The van der Waals surface area contributed by atoms with Gasteiger partial charge in [-0.25, -0.2) is 0 Å². The second-order valence-corrected chi connectivity index (χ2v) is 27.1. The summed E-state index contributed by atoms with van der Waals surface area (Å²) in [7, 11) is -3.73. The molecule has 0 bridgehead atoms. The van der Waals surface area contributed by atoms with Crippen LogP contribution in [0.4, 0.5) is 0 Å². The summed E-state index contributed by atoms with van der Waals surface area (Å²) in [6, 6.07) is 0. The molecule has 5 nitrogen and oxygen atoms in total. The highest BCUT2D eigenvalue weighted by Gasteiger charge is 2.54. The fraction of sp³-hybridized carbons (Fsp3) is 0.816. The predicted molar refractivity (Wildman–Crippen MR) is 193 cm³/mol. The number of esters is 1. The highest BCUT2D eigenvalue weighted by Crippen LogP contribution is 2.60. The molecular weight excluding hydrogens is 593 g/mol. The van der Waals surface area contributed by atoms with E-state index in [-0.39, 0.29) is 22.0 Å². The molecule has 5 atom stereocenters. The lowest BCUT2D eigenvalue weighted by molar-refractivity contribution is -0.154. The minimum atomic E-state index is -2.14. The number of fused-ring (bicyclic) bond motifs is 1. The molecule has 0 spiro atoms. The minimum Gasteiger partial charge on any atom is -0.465 e. The Kier molecular flexibility index (Phi) is 12.2. The van der Waals surface area contributed by atoms with Crippen molar-refractivity contribution in [1.29, 1.82) is 0 Å². The SMILES string of the molecule is C=C1CC[C@@](O)(O[Si](C)(C)C(C)(C)C)C/C1=C/C=C1CCC[C@@]2(COC(C)=O)C1CC[C@@H]2[C@H](C)CCCC(C)(C)O[Si](C)(C)C. The molecule has 0 amide bonds. The lowest BCUT2D eigenvalue weighted by Crippen LogP contribution is -2.51. The number of hydrogen-bond acceptors (Lipinski definition) is 5. The Bertz CT molecular complexity index is 1120. The molecule has 0 heterocycles. The van der Waals surface area contributed by atoms with Crippen molar-refractivity contribution in [3.05, 3.63) is 35.5 Å². The summed E-state index contributed by atoms with van der Waals surface area (Å²) in [4.78, 5) is 12.1. The Balaban J connectivity index is 1.81. The molecule has 0 saturated heterocycles. The molecule has 0 aromatic heterocycles. The molecular formula is C38H68O5Si2. The summed E-state index contributed by atoms with van der Waals surface area (Å²) in [6.07, 6.45) is 15.5. The summed E-state index contributed by atoms with van der Waals surface area (Å²) in [5.41, 5.74) is 3.60. The van der Waals surface area contributed by atoms with E-state index in [0.717, 1.165) is 56.1 Å². The highest BCUT2D eigenvalue weighted by molar-refractivity contribution is 6.74. The second kappa shape index (κ2) is 14.2. The number of aliphatic hydroxyl groups is 1. The topological polar surface area (TPSA) is 65.0 Å². The zero-order valence-corrected chi connectivity index (χ0v) is 33.2. The van der Waals surface area contributed by atoms with E-state index in [0.29, 0.717) is 37.2 Å². The van der Waals surface area contributed by atoms with Crippen LogP contribution in [-0.2, 0) is 18.4 Å². The van der Waals surface area contributed by atoms with Crippen molar-refractivity contribution in [2.45, 2.75) is 168 Å². The van der Waals surface area contributed by atoms with E-state index in [1.807, 2.05) is 0 Å². The number of carbonyl (C=O) groups is 1. The minimum absolute atomic E-state index is 0.00618. The van der Waals surface area contributed by atoms with Gasteiger partial charge < -0.3 is 18.7 Å². The number of rotatable bonds is 12. The molecule has 3 fully saturated rings. The van der Waals surface area contributed by atoms with Gasteiger partial charge in [0, 0.05) is 25.2 Å². The van der Waals surface area contributed by atoms with Gasteiger partial charge in [-0.1, -0.05) is 70.4 Å². The molecule has 0 radical (unpaired) electrons. The molecule has 1 N–H and O–H groups in total. The van der Waals surface area contributed by atoms with Gasteiger partial charge in [-0.05, 0) is 120 Å². The second-order valence-electron chi connectivity index (χ2n) is 18.0. The third-order valence-corrected chi connectivity index (χ3v) is 17.2. The zero-order chi connectivity index (χ0) is 34.1. The maximum atomic E-state index is 12.1. The maximum Gasteiger partial charge on any atom is 0.302 e. The molecule has 3 aliphatic carbocycles. The molecule has 45 heavy (non-hydrogen) atoms. The first-order valence-corrected chi connectivity index (χ1v) is 24.1. The van der Waals surface area contributed by atoms with Crippen molar-refractivity contribution in [2.75, 3.05) is 6.61 Å². The van der Waals surface area contributed by atoms with E-state index in [9.17, 15) is 9.90 Å². The zero-order valence-electron chi connectivity index (χ0n) is 31.2. The van der Waals surface area contributed by atoms with Gasteiger partial charge in [0.15, 0.2) is 22.4 Å². The van der Waals surface area contributed by atoms with Crippen molar-refractivity contribution < 1.29 is 23.5 Å². The largest absolute Gasteiger partial charge is 0.465 e. The van der Waals surface area contributed by atoms with Crippen LogP contribution in [-0.4, -0.2) is 45.7 Å². The Hall–Kier alpha value is -0.996. The van der Waals surface area contributed by atoms with Crippen molar-refractivity contribution in [1.82, 2.24) is 0 Å². The maximum absolute atomic E-state index is 12.1. The normalized spacial score (nSPS) is 30.9. The lowest BCUT2D eigenvalue weighted by atomic mass is 9.60. The predicted octanol–water partition coefficient (Wildman–Crippen LogP) is 10.5. The van der Waals surface area contributed by atoms with Crippen molar-refractivity contribution in [3.63, 3.8) is 0 Å². The highest BCUT2D eigenvalue weighted by atomic mass is 28.4. The molecule has 3 rings (SSSR count). The van der Waals surface area contributed by atoms with Crippen molar-refractivity contribution in [2.24, 2.45) is 23.2 Å². The number of ether oxygens (including phenoxy) is 1. The van der Waals surface area contributed by atoms with Crippen LogP contribution in [0.1, 0.15) is 119 Å². The Labute approximate surface area is 278 Å². The summed E-state index contributed by atoms with van der Waals surface area (Å²) in [5.74, 6) is 0.201. The van der Waals surface area contributed by atoms with Gasteiger partial charge in [0.1, 0.15) is 0 Å². The van der Waals surface area contributed by atoms with Gasteiger partial charge in [0.05, 0.1) is 12.2 Å². The average molecular weight is 661 g/mol. The van der Waals surface area contributed by atoms with E-state index in [4.69, 9.17) is 13.6 Å². The molecule has 3 saturated carbocycles. The van der Waals surface area contributed by atoms with E-state index >= 15 is 0 Å². The summed E-state index contributed by atoms with van der Waals surface area (Å²) >= 11 is 0. The monoisotopic (exact) mass is 660 g/mol. The number of carbonyl (C=O) groups excluding carboxylic acids is 1. The van der Waals surface area contributed by atoms with Crippen molar-refractivity contribution >= 4 is 22.6 Å². The van der Waals surface area contributed by atoms with Crippen LogP contribution < -0.4 is 0 Å². The Morgan fingerprint density at radius 1 is 1.07 bits per heavy atom. The van der Waals surface area contributed by atoms with Gasteiger partial charge in [0.25, 0.3) is 0 Å². The molecule has 0 aromatic carbocycles. The first kappa shape index (κ1) is 38.5. The van der Waals surface area contributed by atoms with Crippen LogP contribution >= 0.6 is 0 Å². The van der Waals surface area contributed by atoms with E-state index < -0.39 is 22.4 Å². The van der Waals surface area contributed by atoms with Gasteiger partial charge >= 0.3 is 5.97 Å². The molecule has 258 valence electrons. The summed E-state index contributed by atoms with van der Waals surface area (Å²) in [6.45, 7) is 31.3. The first-order chi connectivity index (χ1) is 20.5. The van der Waals surface area contributed by atoms with Crippen molar-refractivity contribution in [3.8, 4) is 0 Å². The smallest absolute Gasteiger partial charge is 0.302 e. The van der Waals surface area contributed by atoms with Crippen LogP contribution in [0.3, 0.4) is 0 Å². The summed E-state index contributed by atoms with van der Waals surface area (Å²) in [5, 5.41) is 11.7. The van der Waals surface area contributed by atoms with Gasteiger partial charge in [-0.15, -0.1) is 0 Å². The molecule has 3 aliphatic rings. The van der Waals surface area contributed by atoms with E-state index in [2.05, 4.69) is 93.0 Å². The molecule has 0 aromatic rings. The third kappa shape index (κ3) is 10.0.